The largest absolute Gasteiger partial charge is 0.493 e. The van der Waals surface area contributed by atoms with Crippen molar-refractivity contribution in [2.45, 2.75) is 30.9 Å². The lowest BCUT2D eigenvalue weighted by atomic mass is 9.85. The van der Waals surface area contributed by atoms with Crippen LogP contribution < -0.4 is 14.8 Å². The average molecular weight is 325 g/mol. The molecule has 0 radical (unpaired) electrons. The van der Waals surface area contributed by atoms with Gasteiger partial charge in [-0.05, 0) is 35.7 Å². The molecule has 1 N–H and O–H groups in total. The monoisotopic (exact) mass is 325 g/mol. The number of methoxy groups -OCH3 is 2. The van der Waals surface area contributed by atoms with Crippen molar-refractivity contribution in [3.8, 4) is 11.5 Å². The summed E-state index contributed by atoms with van der Waals surface area (Å²) in [5, 5.41) is 3.68. The Morgan fingerprint density at radius 1 is 1.08 bits per heavy atom. The summed E-state index contributed by atoms with van der Waals surface area (Å²) in [5.74, 6) is 2.07. The van der Waals surface area contributed by atoms with Crippen molar-refractivity contribution in [3.63, 3.8) is 0 Å². The molecule has 0 aromatic heterocycles. The van der Waals surface area contributed by atoms with Crippen molar-refractivity contribution in [1.82, 2.24) is 0 Å². The molecule has 0 unspecified atom stereocenters. The van der Waals surface area contributed by atoms with Crippen molar-refractivity contribution in [2.75, 3.05) is 26.1 Å². The lowest BCUT2D eigenvalue weighted by Gasteiger charge is -2.34. The zero-order valence-electron chi connectivity index (χ0n) is 14.1. The van der Waals surface area contributed by atoms with Gasteiger partial charge in [-0.3, -0.25) is 0 Å². The number of hydrogen-bond donors (Lipinski definition) is 1. The highest BCUT2D eigenvalue weighted by Crippen LogP contribution is 2.43. The molecule has 4 rings (SSSR count). The van der Waals surface area contributed by atoms with Crippen LogP contribution in [-0.4, -0.2) is 33.0 Å². The van der Waals surface area contributed by atoms with E-state index in [1.54, 1.807) is 14.2 Å². The predicted octanol–water partition coefficient (Wildman–Crippen LogP) is 3.61. The number of benzene rings is 2. The highest BCUT2D eigenvalue weighted by molar-refractivity contribution is 5.60. The van der Waals surface area contributed by atoms with Crippen LogP contribution in [0.15, 0.2) is 42.5 Å². The van der Waals surface area contributed by atoms with Gasteiger partial charge in [0.15, 0.2) is 11.5 Å². The van der Waals surface area contributed by atoms with Crippen molar-refractivity contribution in [2.24, 2.45) is 0 Å². The zero-order chi connectivity index (χ0) is 16.5. The van der Waals surface area contributed by atoms with E-state index in [9.17, 15) is 0 Å². The second-order valence-corrected chi connectivity index (χ2v) is 6.46. The first kappa shape index (κ1) is 15.3. The van der Waals surface area contributed by atoms with Crippen molar-refractivity contribution < 1.29 is 14.2 Å². The maximum absolute atomic E-state index is 6.12. The molecule has 0 spiro atoms. The Morgan fingerprint density at radius 3 is 2.75 bits per heavy atom. The maximum Gasteiger partial charge on any atom is 0.160 e. The predicted molar refractivity (Wildman–Crippen MR) is 94.2 cm³/mol. The summed E-state index contributed by atoms with van der Waals surface area (Å²) in [6, 6.07) is 15.1. The molecule has 0 bridgehead atoms. The molecule has 3 atom stereocenters. The lowest BCUT2D eigenvalue weighted by Crippen LogP contribution is -2.42. The fraction of sp³-hybridized carbons (Fsp3) is 0.400. The molecule has 2 heterocycles. The summed E-state index contributed by atoms with van der Waals surface area (Å²) < 4.78 is 16.9. The van der Waals surface area contributed by atoms with Gasteiger partial charge in [-0.1, -0.05) is 24.3 Å². The minimum absolute atomic E-state index is 0.161. The van der Waals surface area contributed by atoms with Crippen molar-refractivity contribution >= 4 is 5.69 Å². The molecule has 0 aliphatic carbocycles. The van der Waals surface area contributed by atoms with E-state index < -0.39 is 0 Å². The third kappa shape index (κ3) is 2.61. The smallest absolute Gasteiger partial charge is 0.160 e. The third-order valence-corrected chi connectivity index (χ3v) is 5.16. The number of para-hydroxylation sites is 1. The van der Waals surface area contributed by atoms with Crippen LogP contribution in [0.25, 0.3) is 0 Å². The molecule has 0 saturated carbocycles. The second kappa shape index (κ2) is 6.36. The number of nitrogens with one attached hydrogen (secondary N) is 1. The quantitative estimate of drug-likeness (QED) is 0.932. The molecule has 2 aliphatic rings. The summed E-state index contributed by atoms with van der Waals surface area (Å²) in [5.41, 5.74) is 3.90. The SMILES string of the molecule is COc1ccc(C[C@@H]2OCC[C@H]3c4ccccc4N[C@@H]23)cc1OC. The molecule has 2 aromatic carbocycles. The van der Waals surface area contributed by atoms with Gasteiger partial charge < -0.3 is 19.5 Å². The van der Waals surface area contributed by atoms with E-state index in [2.05, 4.69) is 35.6 Å². The fourth-order valence-electron chi connectivity index (χ4n) is 3.99. The molecule has 1 saturated heterocycles. The van der Waals surface area contributed by atoms with Crippen LogP contribution in [0.3, 0.4) is 0 Å². The molecular formula is C20H23NO3. The van der Waals surface area contributed by atoms with Gasteiger partial charge in [0.1, 0.15) is 0 Å². The average Bonchev–Trinajstić information content (AvgIpc) is 3.01. The van der Waals surface area contributed by atoms with E-state index in [1.807, 2.05) is 12.1 Å². The van der Waals surface area contributed by atoms with Crippen LogP contribution in [0, 0.1) is 0 Å². The highest BCUT2D eigenvalue weighted by Gasteiger charge is 2.40. The van der Waals surface area contributed by atoms with Crippen LogP contribution in [0.5, 0.6) is 11.5 Å². The molecule has 1 fully saturated rings. The van der Waals surface area contributed by atoms with Crippen LogP contribution in [-0.2, 0) is 11.2 Å². The van der Waals surface area contributed by atoms with Crippen molar-refractivity contribution in [3.05, 3.63) is 53.6 Å². The molecule has 0 amide bonds. The summed E-state index contributed by atoms with van der Waals surface area (Å²) in [6.45, 7) is 0.815. The minimum atomic E-state index is 0.161. The molecule has 4 heteroatoms. The van der Waals surface area contributed by atoms with Crippen LogP contribution >= 0.6 is 0 Å². The first-order valence-electron chi connectivity index (χ1n) is 8.48. The number of ether oxygens (including phenoxy) is 3. The molecule has 4 nitrogen and oxygen atoms in total. The Balaban J connectivity index is 1.55. The number of rotatable bonds is 4. The van der Waals surface area contributed by atoms with Gasteiger partial charge in [0.25, 0.3) is 0 Å². The normalized spacial score (nSPS) is 24.7. The van der Waals surface area contributed by atoms with Crippen LogP contribution in [0.1, 0.15) is 23.5 Å². The Bertz CT molecular complexity index is 731. The van der Waals surface area contributed by atoms with E-state index in [-0.39, 0.29) is 6.10 Å². The van der Waals surface area contributed by atoms with Crippen molar-refractivity contribution in [1.29, 1.82) is 0 Å². The maximum atomic E-state index is 6.12. The van der Waals surface area contributed by atoms with E-state index in [1.165, 1.54) is 16.8 Å². The highest BCUT2D eigenvalue weighted by atomic mass is 16.5. The van der Waals surface area contributed by atoms with E-state index in [4.69, 9.17) is 14.2 Å². The molecule has 24 heavy (non-hydrogen) atoms. The molecule has 2 aromatic rings. The zero-order valence-corrected chi connectivity index (χ0v) is 14.1. The summed E-state index contributed by atoms with van der Waals surface area (Å²) in [4.78, 5) is 0. The van der Waals surface area contributed by atoms with Crippen LogP contribution in [0.4, 0.5) is 5.69 Å². The van der Waals surface area contributed by atoms with E-state index >= 15 is 0 Å². The van der Waals surface area contributed by atoms with E-state index in [0.717, 1.165) is 30.9 Å². The van der Waals surface area contributed by atoms with Crippen LogP contribution in [0.2, 0.25) is 0 Å². The fourth-order valence-corrected chi connectivity index (χ4v) is 3.99. The lowest BCUT2D eigenvalue weighted by molar-refractivity contribution is 0.000643. The first-order valence-corrected chi connectivity index (χ1v) is 8.48. The minimum Gasteiger partial charge on any atom is -0.493 e. The Labute approximate surface area is 142 Å². The van der Waals surface area contributed by atoms with Gasteiger partial charge in [-0.25, -0.2) is 0 Å². The van der Waals surface area contributed by atoms with Gasteiger partial charge in [0.2, 0.25) is 0 Å². The standard InChI is InChI=1S/C20H23NO3/c1-22-17-8-7-13(11-18(17)23-2)12-19-20-15(9-10-24-19)14-5-3-4-6-16(14)21-20/h3-8,11,15,19-21H,9-10,12H2,1-2H3/t15-,19-,20+/m0/s1. The van der Waals surface area contributed by atoms with Gasteiger partial charge in [-0.2, -0.15) is 0 Å². The third-order valence-electron chi connectivity index (χ3n) is 5.16. The summed E-state index contributed by atoms with van der Waals surface area (Å²) in [6.07, 6.45) is 2.11. The number of hydrogen-bond acceptors (Lipinski definition) is 4. The van der Waals surface area contributed by atoms with Gasteiger partial charge in [-0.15, -0.1) is 0 Å². The van der Waals surface area contributed by atoms with Gasteiger partial charge in [0, 0.05) is 24.6 Å². The molecular weight excluding hydrogens is 302 g/mol. The van der Waals surface area contributed by atoms with Gasteiger partial charge >= 0.3 is 0 Å². The Kier molecular flexibility index (Phi) is 4.07. The topological polar surface area (TPSA) is 39.7 Å². The summed E-state index contributed by atoms with van der Waals surface area (Å²) in [7, 11) is 3.33. The number of anilines is 1. The summed E-state index contributed by atoms with van der Waals surface area (Å²) >= 11 is 0. The molecule has 2 aliphatic heterocycles. The first-order chi connectivity index (χ1) is 11.8. The molecule has 126 valence electrons. The Hall–Kier alpha value is -2.20. The van der Waals surface area contributed by atoms with Gasteiger partial charge in [0.05, 0.1) is 26.4 Å². The van der Waals surface area contributed by atoms with E-state index in [0.29, 0.717) is 12.0 Å². The Morgan fingerprint density at radius 2 is 1.92 bits per heavy atom. The number of fused-ring (bicyclic) bond motifs is 3. The second-order valence-electron chi connectivity index (χ2n) is 6.46.